The highest BCUT2D eigenvalue weighted by Gasteiger charge is 2.20. The minimum absolute atomic E-state index is 0.247. The molecule has 0 saturated heterocycles. The van der Waals surface area contributed by atoms with Crippen LogP contribution in [0.4, 0.5) is 0 Å². The van der Waals surface area contributed by atoms with Gasteiger partial charge >= 0.3 is 0 Å². The molecule has 0 bridgehead atoms. The van der Waals surface area contributed by atoms with Crippen LogP contribution < -0.4 is 14.2 Å². The van der Waals surface area contributed by atoms with Gasteiger partial charge < -0.3 is 14.2 Å². The van der Waals surface area contributed by atoms with Crippen LogP contribution in [0.2, 0.25) is 0 Å². The molecule has 0 fully saturated rings. The third-order valence-corrected chi connectivity index (χ3v) is 3.29. The van der Waals surface area contributed by atoms with Crippen molar-refractivity contribution in [1.82, 2.24) is 9.36 Å². The summed E-state index contributed by atoms with van der Waals surface area (Å²) in [6.07, 6.45) is 0. The zero-order valence-electron chi connectivity index (χ0n) is 9.39. The maximum absolute atomic E-state index is 5.35. The van der Waals surface area contributed by atoms with E-state index in [9.17, 15) is 0 Å². The van der Waals surface area contributed by atoms with Crippen LogP contribution in [0.5, 0.6) is 17.2 Å². The molecule has 1 aromatic heterocycles. The van der Waals surface area contributed by atoms with Crippen LogP contribution in [0.15, 0.2) is 12.1 Å². The molecule has 5 nitrogen and oxygen atoms in total. The predicted octanol–water partition coefficient (Wildman–Crippen LogP) is 2.25. The highest BCUT2D eigenvalue weighted by molar-refractivity contribution is 7.09. The Morgan fingerprint density at radius 2 is 2.06 bits per heavy atom. The van der Waals surface area contributed by atoms with Crippen molar-refractivity contribution < 1.29 is 14.2 Å². The Labute approximate surface area is 102 Å². The number of aromatic nitrogens is 2. The van der Waals surface area contributed by atoms with E-state index in [0.29, 0.717) is 17.2 Å². The first-order chi connectivity index (χ1) is 8.28. The first kappa shape index (κ1) is 10.3. The second-order valence-corrected chi connectivity index (χ2v) is 4.30. The van der Waals surface area contributed by atoms with E-state index in [1.165, 1.54) is 11.5 Å². The lowest BCUT2D eigenvalue weighted by atomic mass is 10.2. The molecule has 1 aliphatic rings. The Kier molecular flexibility index (Phi) is 2.36. The van der Waals surface area contributed by atoms with Crippen molar-refractivity contribution in [2.75, 3.05) is 13.9 Å². The topological polar surface area (TPSA) is 53.5 Å². The third-order valence-electron chi connectivity index (χ3n) is 2.45. The standard InChI is InChI=1S/C11H10N2O3S/c1-6-12-11(17-13-6)7-3-9-10(16-5-15-9)4-8(7)14-2/h3-4H,5H2,1-2H3. The van der Waals surface area contributed by atoms with E-state index in [0.717, 1.165) is 16.4 Å². The molecule has 88 valence electrons. The van der Waals surface area contributed by atoms with E-state index >= 15 is 0 Å². The maximum Gasteiger partial charge on any atom is 0.231 e. The van der Waals surface area contributed by atoms with Gasteiger partial charge in [0.25, 0.3) is 0 Å². The van der Waals surface area contributed by atoms with Gasteiger partial charge in [-0.15, -0.1) is 0 Å². The molecule has 6 heteroatoms. The van der Waals surface area contributed by atoms with Gasteiger partial charge in [0, 0.05) is 6.07 Å². The Hall–Kier alpha value is -1.82. The molecular weight excluding hydrogens is 240 g/mol. The van der Waals surface area contributed by atoms with Crippen LogP contribution in [-0.4, -0.2) is 23.3 Å². The maximum atomic E-state index is 5.35. The molecule has 1 aromatic carbocycles. The Morgan fingerprint density at radius 1 is 1.29 bits per heavy atom. The molecule has 0 aliphatic carbocycles. The number of ether oxygens (including phenoxy) is 3. The van der Waals surface area contributed by atoms with Crippen LogP contribution in [0.25, 0.3) is 10.6 Å². The number of rotatable bonds is 2. The minimum Gasteiger partial charge on any atom is -0.496 e. The van der Waals surface area contributed by atoms with Crippen molar-refractivity contribution >= 4 is 11.5 Å². The molecule has 0 amide bonds. The lowest BCUT2D eigenvalue weighted by Gasteiger charge is -2.06. The van der Waals surface area contributed by atoms with Crippen LogP contribution in [-0.2, 0) is 0 Å². The number of hydrogen-bond acceptors (Lipinski definition) is 6. The second kappa shape index (κ2) is 3.89. The van der Waals surface area contributed by atoms with E-state index in [1.54, 1.807) is 7.11 Å². The molecule has 3 rings (SSSR count). The fourth-order valence-corrected chi connectivity index (χ4v) is 2.36. The molecule has 0 N–H and O–H groups in total. The number of aryl methyl sites for hydroxylation is 1. The number of fused-ring (bicyclic) bond motifs is 1. The summed E-state index contributed by atoms with van der Waals surface area (Å²) in [5.74, 6) is 2.88. The number of nitrogens with zero attached hydrogens (tertiary/aromatic N) is 2. The fourth-order valence-electron chi connectivity index (χ4n) is 1.67. The van der Waals surface area contributed by atoms with Gasteiger partial charge in [-0.05, 0) is 24.5 Å². The van der Waals surface area contributed by atoms with Crippen molar-refractivity contribution in [3.05, 3.63) is 18.0 Å². The molecule has 0 atom stereocenters. The summed E-state index contributed by atoms with van der Waals surface area (Å²) in [5.41, 5.74) is 0.877. The van der Waals surface area contributed by atoms with Crippen LogP contribution >= 0.6 is 11.5 Å². The molecule has 2 aromatic rings. The molecule has 2 heterocycles. The minimum atomic E-state index is 0.247. The monoisotopic (exact) mass is 250 g/mol. The van der Waals surface area contributed by atoms with Crippen molar-refractivity contribution in [3.8, 4) is 27.8 Å². The van der Waals surface area contributed by atoms with Crippen LogP contribution in [0.1, 0.15) is 5.82 Å². The summed E-state index contributed by atoms with van der Waals surface area (Å²) >= 11 is 1.34. The largest absolute Gasteiger partial charge is 0.496 e. The number of hydrogen-bond donors (Lipinski definition) is 0. The Bertz CT molecular complexity index is 568. The summed E-state index contributed by atoms with van der Waals surface area (Å²) in [4.78, 5) is 4.35. The molecule has 0 unspecified atom stereocenters. The average Bonchev–Trinajstić information content (AvgIpc) is 2.94. The lowest BCUT2D eigenvalue weighted by Crippen LogP contribution is -1.92. The van der Waals surface area contributed by atoms with Crippen molar-refractivity contribution in [3.63, 3.8) is 0 Å². The lowest BCUT2D eigenvalue weighted by molar-refractivity contribution is 0.174. The Balaban J connectivity index is 2.15. The van der Waals surface area contributed by atoms with Gasteiger partial charge in [0.1, 0.15) is 16.6 Å². The normalized spacial score (nSPS) is 12.8. The second-order valence-electron chi connectivity index (χ2n) is 3.55. The van der Waals surface area contributed by atoms with Gasteiger partial charge in [-0.25, -0.2) is 4.98 Å². The third kappa shape index (κ3) is 1.70. The zero-order valence-corrected chi connectivity index (χ0v) is 10.2. The summed E-state index contributed by atoms with van der Waals surface area (Å²) in [6, 6.07) is 3.69. The van der Waals surface area contributed by atoms with Gasteiger partial charge in [-0.1, -0.05) is 0 Å². The first-order valence-electron chi connectivity index (χ1n) is 5.06. The van der Waals surface area contributed by atoms with Gasteiger partial charge in [0.2, 0.25) is 6.79 Å². The zero-order chi connectivity index (χ0) is 11.8. The number of benzene rings is 1. The summed E-state index contributed by atoms with van der Waals surface area (Å²) in [6.45, 7) is 2.11. The van der Waals surface area contributed by atoms with Crippen LogP contribution in [0, 0.1) is 6.92 Å². The van der Waals surface area contributed by atoms with E-state index in [-0.39, 0.29) is 6.79 Å². The average molecular weight is 250 g/mol. The van der Waals surface area contributed by atoms with Crippen molar-refractivity contribution in [2.24, 2.45) is 0 Å². The molecule has 0 saturated carbocycles. The van der Waals surface area contributed by atoms with E-state index in [2.05, 4.69) is 9.36 Å². The quantitative estimate of drug-likeness (QED) is 0.818. The van der Waals surface area contributed by atoms with Gasteiger partial charge in [0.15, 0.2) is 11.5 Å². The van der Waals surface area contributed by atoms with Gasteiger partial charge in [0.05, 0.1) is 12.7 Å². The highest BCUT2D eigenvalue weighted by atomic mass is 32.1. The van der Waals surface area contributed by atoms with Crippen molar-refractivity contribution in [1.29, 1.82) is 0 Å². The molecular formula is C11H10N2O3S. The SMILES string of the molecule is COc1cc2c(cc1-c1nc(C)ns1)OCO2. The molecule has 1 aliphatic heterocycles. The van der Waals surface area contributed by atoms with Gasteiger partial charge in [-0.2, -0.15) is 4.37 Å². The molecule has 0 radical (unpaired) electrons. The van der Waals surface area contributed by atoms with E-state index in [4.69, 9.17) is 14.2 Å². The fraction of sp³-hybridized carbons (Fsp3) is 0.273. The summed E-state index contributed by atoms with van der Waals surface area (Å²) in [5, 5.41) is 0.817. The van der Waals surface area contributed by atoms with Gasteiger partial charge in [-0.3, -0.25) is 0 Å². The Morgan fingerprint density at radius 3 is 2.71 bits per heavy atom. The summed E-state index contributed by atoms with van der Waals surface area (Å²) < 4.78 is 20.2. The first-order valence-corrected chi connectivity index (χ1v) is 5.83. The van der Waals surface area contributed by atoms with Crippen LogP contribution in [0.3, 0.4) is 0 Å². The number of methoxy groups -OCH3 is 1. The van der Waals surface area contributed by atoms with Crippen molar-refractivity contribution in [2.45, 2.75) is 6.92 Å². The smallest absolute Gasteiger partial charge is 0.231 e. The highest BCUT2D eigenvalue weighted by Crippen LogP contribution is 2.42. The molecule has 17 heavy (non-hydrogen) atoms. The summed E-state index contributed by atoms with van der Waals surface area (Å²) in [7, 11) is 1.62. The molecule has 0 spiro atoms. The predicted molar refractivity (Wildman–Crippen MR) is 62.8 cm³/mol. The van der Waals surface area contributed by atoms with E-state index in [1.807, 2.05) is 19.1 Å². The van der Waals surface area contributed by atoms with E-state index < -0.39 is 0 Å².